The quantitative estimate of drug-likeness (QED) is 0.770. The van der Waals surface area contributed by atoms with Crippen molar-refractivity contribution in [1.82, 2.24) is 8.53 Å². The molecule has 0 heterocycles. The maximum absolute atomic E-state index is 2.75. The Morgan fingerprint density at radius 3 is 1.82 bits per heavy atom. The van der Waals surface area contributed by atoms with Crippen LogP contribution < -0.4 is 0 Å². The Kier molecular flexibility index (Phi) is 5.33. The van der Waals surface area contributed by atoms with E-state index in [1.165, 1.54) is 0 Å². The van der Waals surface area contributed by atoms with Crippen molar-refractivity contribution in [1.29, 1.82) is 0 Å². The molecule has 0 aromatic carbocycles. The SMILES string of the molecule is CCC1=[C]([Zr]([N](C)C)([N](C)C)[N](C)C)CC=C1. The molecular weight excluding hydrogens is 289 g/mol. The van der Waals surface area contributed by atoms with E-state index in [9.17, 15) is 0 Å². The van der Waals surface area contributed by atoms with Crippen LogP contribution in [0.15, 0.2) is 21.0 Å². The fraction of sp³-hybridized carbons (Fsp3) is 0.692. The molecule has 0 saturated heterocycles. The van der Waals surface area contributed by atoms with Crippen LogP contribution in [0, 0.1) is 0 Å². The molecule has 0 spiro atoms. The summed E-state index contributed by atoms with van der Waals surface area (Å²) in [5.74, 6) is 0. The van der Waals surface area contributed by atoms with Crippen LogP contribution in [0.3, 0.4) is 0 Å². The molecule has 17 heavy (non-hydrogen) atoms. The molecule has 4 heteroatoms. The molecule has 0 unspecified atom stereocenters. The molecule has 0 aromatic rings. The number of allylic oxidation sites excluding steroid dienone is 4. The average Bonchev–Trinajstić information content (AvgIpc) is 2.65. The van der Waals surface area contributed by atoms with Crippen molar-refractivity contribution in [3.8, 4) is 0 Å². The van der Waals surface area contributed by atoms with Gasteiger partial charge < -0.3 is 0 Å². The van der Waals surface area contributed by atoms with E-state index >= 15 is 0 Å². The normalized spacial score (nSPS) is 17.1. The molecule has 1 aliphatic carbocycles. The van der Waals surface area contributed by atoms with E-state index in [1.807, 2.05) is 0 Å². The molecule has 0 amide bonds. The standard InChI is InChI=1S/C7H9.3C2H6N.Zr/c1-2-7-5-3-4-6-7;3*1-3-2;/h3,5H,2,4H2,1H3;3*1-2H3;/q;3*-1;+3. The molecule has 0 atom stereocenters. The van der Waals surface area contributed by atoms with Gasteiger partial charge in [0.25, 0.3) is 0 Å². The molecule has 1 aliphatic rings. The fourth-order valence-corrected chi connectivity index (χ4v) is 15.8. The van der Waals surface area contributed by atoms with Gasteiger partial charge >= 0.3 is 113 Å². The summed E-state index contributed by atoms with van der Waals surface area (Å²) in [6.45, 7) is 2.27. The van der Waals surface area contributed by atoms with E-state index in [1.54, 1.807) is 8.85 Å². The molecule has 0 aliphatic heterocycles. The summed E-state index contributed by atoms with van der Waals surface area (Å²) in [5.41, 5.74) is 1.57. The van der Waals surface area contributed by atoms with Crippen molar-refractivity contribution in [3.63, 3.8) is 0 Å². The minimum absolute atomic E-state index is 1.15. The first kappa shape index (κ1) is 15.3. The summed E-state index contributed by atoms with van der Waals surface area (Å²) in [7, 11) is 13.5. The first-order valence-electron chi connectivity index (χ1n) is 6.30. The van der Waals surface area contributed by atoms with Crippen LogP contribution >= 0.6 is 0 Å². The predicted molar refractivity (Wildman–Crippen MR) is 72.1 cm³/mol. The fourth-order valence-electron chi connectivity index (χ4n) is 3.24. The number of hydrogen-bond acceptors (Lipinski definition) is 3. The van der Waals surface area contributed by atoms with Gasteiger partial charge in [-0.05, 0) is 0 Å². The van der Waals surface area contributed by atoms with Crippen LogP contribution in [0.2, 0.25) is 0 Å². The maximum atomic E-state index is 2.51. The van der Waals surface area contributed by atoms with Gasteiger partial charge in [0, 0.05) is 0 Å². The summed E-state index contributed by atoms with van der Waals surface area (Å²) < 4.78 is 9.23. The van der Waals surface area contributed by atoms with Crippen molar-refractivity contribution in [2.75, 3.05) is 42.3 Å². The van der Waals surface area contributed by atoms with Crippen molar-refractivity contribution < 1.29 is 21.1 Å². The average molecular weight is 317 g/mol. The van der Waals surface area contributed by atoms with Crippen molar-refractivity contribution in [2.45, 2.75) is 19.8 Å². The molecule has 0 radical (unpaired) electrons. The Morgan fingerprint density at radius 1 is 1.00 bits per heavy atom. The van der Waals surface area contributed by atoms with Gasteiger partial charge in [-0.3, -0.25) is 0 Å². The Labute approximate surface area is 112 Å². The third-order valence-electron chi connectivity index (χ3n) is 3.69. The van der Waals surface area contributed by atoms with E-state index in [0.717, 1.165) is 12.8 Å². The number of nitrogens with zero attached hydrogens (tertiary/aromatic N) is 3. The van der Waals surface area contributed by atoms with Gasteiger partial charge in [-0.15, -0.1) is 0 Å². The summed E-state index contributed by atoms with van der Waals surface area (Å²) in [6, 6.07) is 0. The number of hydrogen-bond donors (Lipinski definition) is 0. The van der Waals surface area contributed by atoms with Crippen LogP contribution in [0.1, 0.15) is 19.8 Å². The van der Waals surface area contributed by atoms with Crippen LogP contribution in [-0.4, -0.2) is 50.8 Å². The zero-order valence-electron chi connectivity index (χ0n) is 12.4. The first-order valence-corrected chi connectivity index (χ1v) is 10.8. The molecular formula is C13H27N3Zr. The van der Waals surface area contributed by atoms with Gasteiger partial charge in [0.2, 0.25) is 0 Å². The zero-order valence-corrected chi connectivity index (χ0v) is 14.9. The summed E-state index contributed by atoms with van der Waals surface area (Å²) in [5, 5.41) is 0. The topological polar surface area (TPSA) is 9.72 Å². The molecule has 98 valence electrons. The summed E-state index contributed by atoms with van der Waals surface area (Å²) in [4.78, 5) is 0. The molecule has 1 rings (SSSR count). The predicted octanol–water partition coefficient (Wildman–Crippen LogP) is 2.19. The van der Waals surface area contributed by atoms with Crippen LogP contribution in [0.25, 0.3) is 0 Å². The summed E-state index contributed by atoms with van der Waals surface area (Å²) in [6.07, 6.45) is 6.96. The zero-order chi connectivity index (χ0) is 13.2. The second-order valence-electron chi connectivity index (χ2n) is 5.28. The van der Waals surface area contributed by atoms with E-state index in [4.69, 9.17) is 0 Å². The van der Waals surface area contributed by atoms with Crippen LogP contribution in [0.4, 0.5) is 0 Å². The Hall–Kier alpha value is 0.243. The van der Waals surface area contributed by atoms with Gasteiger partial charge in [0.1, 0.15) is 0 Å². The van der Waals surface area contributed by atoms with Crippen LogP contribution in [-0.2, 0) is 21.1 Å². The van der Waals surface area contributed by atoms with E-state index in [0.29, 0.717) is 0 Å². The Morgan fingerprint density at radius 2 is 1.47 bits per heavy atom. The van der Waals surface area contributed by atoms with Crippen molar-refractivity contribution in [2.24, 2.45) is 0 Å². The van der Waals surface area contributed by atoms with Crippen molar-refractivity contribution >= 4 is 0 Å². The third kappa shape index (κ3) is 2.51. The second-order valence-corrected chi connectivity index (χ2v) is 16.5. The van der Waals surface area contributed by atoms with E-state index in [2.05, 4.69) is 69.9 Å². The molecule has 0 fully saturated rings. The van der Waals surface area contributed by atoms with E-state index < -0.39 is 21.1 Å². The van der Waals surface area contributed by atoms with Crippen LogP contribution in [0.5, 0.6) is 0 Å². The second kappa shape index (κ2) is 5.92. The first-order chi connectivity index (χ1) is 7.88. The molecule has 0 aromatic heterocycles. The summed E-state index contributed by atoms with van der Waals surface area (Å²) >= 11 is -2.75. The van der Waals surface area contributed by atoms with Gasteiger partial charge in [0.15, 0.2) is 0 Å². The Balaban J connectivity index is 3.33. The number of rotatable bonds is 5. The van der Waals surface area contributed by atoms with Crippen molar-refractivity contribution in [3.05, 3.63) is 21.0 Å². The minimum atomic E-state index is -2.75. The van der Waals surface area contributed by atoms with Gasteiger partial charge in [-0.25, -0.2) is 0 Å². The van der Waals surface area contributed by atoms with Gasteiger partial charge in [-0.1, -0.05) is 0 Å². The van der Waals surface area contributed by atoms with Gasteiger partial charge in [0.05, 0.1) is 0 Å². The molecule has 0 bridgehead atoms. The molecule has 0 saturated carbocycles. The van der Waals surface area contributed by atoms with E-state index in [-0.39, 0.29) is 0 Å². The Bertz CT molecular complexity index is 308. The molecule has 0 N–H and O–H groups in total. The molecule has 3 nitrogen and oxygen atoms in total. The monoisotopic (exact) mass is 315 g/mol. The third-order valence-corrected chi connectivity index (χ3v) is 16.2. The van der Waals surface area contributed by atoms with Gasteiger partial charge in [-0.2, -0.15) is 0 Å².